The molecule has 4 aromatic rings. The third-order valence-electron chi connectivity index (χ3n) is 6.80. The predicted octanol–water partition coefficient (Wildman–Crippen LogP) is 3.72. The molecule has 2 aliphatic rings. The largest absolute Gasteiger partial charge is 0.339 e. The van der Waals surface area contributed by atoms with Crippen LogP contribution in [0.15, 0.2) is 49.1 Å². The Hall–Kier alpha value is -4.58. The smallest absolute Gasteiger partial charge is 0.276 e. The van der Waals surface area contributed by atoms with Crippen LogP contribution >= 0.6 is 11.6 Å². The molecular formula is C26H25ClN10O2. The Labute approximate surface area is 228 Å². The molecule has 13 heteroatoms. The number of hydrogen-bond donors (Lipinski definition) is 4. The van der Waals surface area contributed by atoms with Crippen LogP contribution in [0.1, 0.15) is 34.5 Å². The number of anilines is 5. The third kappa shape index (κ3) is 5.65. The molecule has 12 nitrogen and oxygen atoms in total. The summed E-state index contributed by atoms with van der Waals surface area (Å²) in [5, 5.41) is 19.9. The molecule has 6 rings (SSSR count). The Morgan fingerprint density at radius 1 is 1.08 bits per heavy atom. The van der Waals surface area contributed by atoms with Gasteiger partial charge in [0.15, 0.2) is 11.5 Å². The molecule has 5 heterocycles. The van der Waals surface area contributed by atoms with Crippen molar-refractivity contribution in [1.82, 2.24) is 35.3 Å². The van der Waals surface area contributed by atoms with Crippen LogP contribution in [0.2, 0.25) is 5.02 Å². The second-order valence-electron chi connectivity index (χ2n) is 9.61. The quantitative estimate of drug-likeness (QED) is 0.301. The van der Waals surface area contributed by atoms with Crippen molar-refractivity contribution in [2.75, 3.05) is 29.0 Å². The molecule has 2 aliphatic heterocycles. The van der Waals surface area contributed by atoms with Crippen molar-refractivity contribution in [3.8, 4) is 0 Å². The number of rotatable bonds is 4. The number of hydrogen-bond acceptors (Lipinski definition) is 9. The van der Waals surface area contributed by atoms with Gasteiger partial charge in [-0.3, -0.25) is 14.6 Å². The summed E-state index contributed by atoms with van der Waals surface area (Å²) in [5.41, 5.74) is 4.58. The highest BCUT2D eigenvalue weighted by Crippen LogP contribution is 2.30. The van der Waals surface area contributed by atoms with E-state index in [1.165, 1.54) is 12.4 Å². The minimum Gasteiger partial charge on any atom is -0.339 e. The first kappa shape index (κ1) is 24.7. The van der Waals surface area contributed by atoms with Crippen molar-refractivity contribution in [2.45, 2.75) is 25.7 Å². The molecule has 1 atom stereocenters. The van der Waals surface area contributed by atoms with Gasteiger partial charge < -0.3 is 20.9 Å². The molecule has 1 fully saturated rings. The molecule has 0 spiro atoms. The topological polar surface area (TPSA) is 154 Å². The summed E-state index contributed by atoms with van der Waals surface area (Å²) in [7, 11) is 0. The maximum Gasteiger partial charge on any atom is 0.276 e. The monoisotopic (exact) mass is 544 g/mol. The maximum absolute atomic E-state index is 13.1. The number of aromatic amines is 1. The summed E-state index contributed by atoms with van der Waals surface area (Å²) in [6, 6.07) is 7.75. The molecule has 39 heavy (non-hydrogen) atoms. The Morgan fingerprint density at radius 3 is 2.87 bits per heavy atom. The lowest BCUT2D eigenvalue weighted by molar-refractivity contribution is -0.117. The zero-order chi connectivity index (χ0) is 26.8. The van der Waals surface area contributed by atoms with Crippen molar-refractivity contribution in [3.63, 3.8) is 0 Å². The van der Waals surface area contributed by atoms with Crippen LogP contribution in [0, 0.1) is 5.92 Å². The van der Waals surface area contributed by atoms with Gasteiger partial charge in [0.2, 0.25) is 11.9 Å². The Kier molecular flexibility index (Phi) is 6.76. The molecule has 6 bridgehead atoms. The fourth-order valence-electron chi connectivity index (χ4n) is 4.87. The van der Waals surface area contributed by atoms with Gasteiger partial charge in [0.05, 0.1) is 24.3 Å². The van der Waals surface area contributed by atoms with Crippen LogP contribution in [0.3, 0.4) is 0 Å². The van der Waals surface area contributed by atoms with Crippen molar-refractivity contribution < 1.29 is 9.59 Å². The number of nitrogens with one attached hydrogen (secondary N) is 4. The average Bonchev–Trinajstić information content (AvgIpc) is 3.63. The van der Waals surface area contributed by atoms with Gasteiger partial charge in [-0.2, -0.15) is 20.4 Å². The molecule has 3 aromatic heterocycles. The molecule has 4 N–H and O–H groups in total. The summed E-state index contributed by atoms with van der Waals surface area (Å²) in [5.74, 6) is 0.670. The van der Waals surface area contributed by atoms with Crippen LogP contribution in [0.4, 0.5) is 28.8 Å². The lowest BCUT2D eigenvalue weighted by Crippen LogP contribution is -2.29. The second kappa shape index (κ2) is 10.7. The van der Waals surface area contributed by atoms with Crippen LogP contribution in [-0.2, 0) is 17.6 Å². The molecule has 198 valence electrons. The summed E-state index contributed by atoms with van der Waals surface area (Å²) in [6.45, 7) is 1.10. The normalized spacial score (nSPS) is 16.2. The molecular weight excluding hydrogens is 520 g/mol. The lowest BCUT2D eigenvalue weighted by Gasteiger charge is -2.16. The fraction of sp³-hybridized carbons (Fsp3) is 0.269. The van der Waals surface area contributed by atoms with E-state index in [9.17, 15) is 9.59 Å². The number of halogens is 1. The lowest BCUT2D eigenvalue weighted by atomic mass is 10.0. The summed E-state index contributed by atoms with van der Waals surface area (Å²) in [6.07, 6.45) is 8.95. The first-order valence-electron chi connectivity index (χ1n) is 12.6. The zero-order valence-corrected chi connectivity index (χ0v) is 21.6. The molecule has 0 saturated carbocycles. The van der Waals surface area contributed by atoms with Crippen molar-refractivity contribution in [1.29, 1.82) is 0 Å². The van der Waals surface area contributed by atoms with E-state index < -0.39 is 0 Å². The maximum atomic E-state index is 13.1. The van der Waals surface area contributed by atoms with Gasteiger partial charge >= 0.3 is 0 Å². The molecule has 1 saturated heterocycles. The van der Waals surface area contributed by atoms with Gasteiger partial charge in [-0.15, -0.1) is 0 Å². The van der Waals surface area contributed by atoms with Gasteiger partial charge in [-0.05, 0) is 60.6 Å². The zero-order valence-electron chi connectivity index (χ0n) is 20.8. The molecule has 1 aromatic carbocycles. The first-order valence-corrected chi connectivity index (χ1v) is 13.0. The van der Waals surface area contributed by atoms with Crippen molar-refractivity contribution in [2.24, 2.45) is 5.92 Å². The minimum absolute atomic E-state index is 0.0715. The number of H-pyrrole nitrogens is 1. The molecule has 0 radical (unpaired) electrons. The van der Waals surface area contributed by atoms with Crippen molar-refractivity contribution in [3.05, 3.63) is 70.9 Å². The third-order valence-corrected chi connectivity index (χ3v) is 7.08. The number of aryl methyl sites for hydroxylation is 2. The highest BCUT2D eigenvalue weighted by Gasteiger charge is 2.29. The highest BCUT2D eigenvalue weighted by molar-refractivity contribution is 6.32. The molecule has 0 aliphatic carbocycles. The van der Waals surface area contributed by atoms with Crippen LogP contribution in [-0.4, -0.2) is 60.2 Å². The number of aromatic nitrogens is 6. The standard InChI is InChI=1S/C26H25ClN10O2/c27-20-12-29-26-32-19-7-15(10-28-11-19)1-2-17-9-18(31-24(20)34-26)3-4-21(17)33-23(38)8-16-5-6-37(14-16)25(39)22-13-30-36-35-22/h3-4,7,9-13,16H,1-2,5-6,8,14H2,(H,33,38)(H,30,35,36)(H2,29,31,32,34)/t16-/m0/s1. The van der Waals surface area contributed by atoms with Gasteiger partial charge in [0, 0.05) is 37.1 Å². The average molecular weight is 545 g/mol. The molecule has 2 amide bonds. The number of nitrogens with zero attached hydrogens (tertiary/aromatic N) is 6. The van der Waals surface area contributed by atoms with E-state index >= 15 is 0 Å². The number of carbonyl (C=O) groups is 2. The van der Waals surface area contributed by atoms with Gasteiger partial charge in [0.1, 0.15) is 5.02 Å². The van der Waals surface area contributed by atoms with E-state index in [1.54, 1.807) is 11.1 Å². The van der Waals surface area contributed by atoms with Gasteiger partial charge in [0.25, 0.3) is 5.91 Å². The first-order chi connectivity index (χ1) is 19.0. The number of pyridine rings is 1. The summed E-state index contributed by atoms with van der Waals surface area (Å²) >= 11 is 6.36. The number of carbonyl (C=O) groups excluding carboxylic acids is 2. The Morgan fingerprint density at radius 2 is 2.00 bits per heavy atom. The summed E-state index contributed by atoms with van der Waals surface area (Å²) in [4.78, 5) is 40.4. The Bertz CT molecular complexity index is 1530. The van der Waals surface area contributed by atoms with Gasteiger partial charge in [-0.1, -0.05) is 11.6 Å². The molecule has 0 unspecified atom stereocenters. The van der Waals surface area contributed by atoms with E-state index in [4.69, 9.17) is 11.6 Å². The second-order valence-corrected chi connectivity index (χ2v) is 10.0. The van der Waals surface area contributed by atoms with Crippen LogP contribution in [0.25, 0.3) is 0 Å². The summed E-state index contributed by atoms with van der Waals surface area (Å²) < 4.78 is 0. The van der Waals surface area contributed by atoms with Crippen LogP contribution in [0.5, 0.6) is 0 Å². The predicted molar refractivity (Wildman–Crippen MR) is 145 cm³/mol. The fourth-order valence-corrected chi connectivity index (χ4v) is 5.00. The van der Waals surface area contributed by atoms with Crippen LogP contribution < -0.4 is 16.0 Å². The highest BCUT2D eigenvalue weighted by atomic mass is 35.5. The number of likely N-dealkylation sites (tertiary alicyclic amines) is 1. The SMILES string of the molecule is O=C(C[C@@H]1CCN(C(=O)c2cn[nH]n2)C1)Nc1ccc2cc1CCc1cncc(c1)Nc1ncc(Cl)c(n1)N2. The number of amides is 2. The van der Waals surface area contributed by atoms with E-state index in [0.717, 1.165) is 41.0 Å². The number of benzene rings is 1. The number of fused-ring (bicyclic) bond motifs is 6. The Balaban J connectivity index is 1.19. The van der Waals surface area contributed by atoms with E-state index in [2.05, 4.69) is 46.3 Å². The van der Waals surface area contributed by atoms with Gasteiger partial charge in [-0.25, -0.2) is 4.98 Å². The van der Waals surface area contributed by atoms with Crippen molar-refractivity contribution >= 4 is 52.2 Å². The van der Waals surface area contributed by atoms with E-state index in [-0.39, 0.29) is 23.4 Å². The minimum atomic E-state index is -0.175. The van der Waals surface area contributed by atoms with E-state index in [1.807, 2.05) is 30.5 Å². The van der Waals surface area contributed by atoms with E-state index in [0.29, 0.717) is 42.7 Å².